The molecule has 2 saturated heterocycles. The Bertz CT molecular complexity index is 1850. The van der Waals surface area contributed by atoms with E-state index in [1.54, 1.807) is 60.7 Å². The number of phenolic OH excluding ortho intramolecular Hbond substituents is 1. The number of phenols is 1. The van der Waals surface area contributed by atoms with Gasteiger partial charge in [-0.05, 0) is 79.8 Å². The van der Waals surface area contributed by atoms with Crippen LogP contribution in [0.3, 0.4) is 0 Å². The number of anilines is 2. The first kappa shape index (κ1) is 30.7. The molecule has 0 bridgehead atoms. The van der Waals surface area contributed by atoms with Crippen LogP contribution in [0, 0.1) is 35.0 Å². The molecule has 0 aromatic heterocycles. The van der Waals surface area contributed by atoms with Crippen LogP contribution >= 0.6 is 11.6 Å². The van der Waals surface area contributed by atoms with Gasteiger partial charge in [0.2, 0.25) is 29.4 Å². The van der Waals surface area contributed by atoms with E-state index in [1.807, 2.05) is 31.2 Å². The van der Waals surface area contributed by atoms with Crippen molar-refractivity contribution in [1.82, 2.24) is 0 Å². The number of carbonyl (C=O) groups excluding carboxylic acids is 4. The van der Waals surface area contributed by atoms with Crippen molar-refractivity contribution in [2.24, 2.45) is 35.0 Å². The first-order chi connectivity index (χ1) is 22.6. The molecule has 6 atom stereocenters. The van der Waals surface area contributed by atoms with Crippen molar-refractivity contribution >= 4 is 52.7 Å². The second-order valence-corrected chi connectivity index (χ2v) is 13.1. The summed E-state index contributed by atoms with van der Waals surface area (Å²) in [4.78, 5) is 59.1. The molecule has 2 heterocycles. The predicted molar refractivity (Wildman–Crippen MR) is 176 cm³/mol. The number of halogens is 1. The van der Waals surface area contributed by atoms with E-state index in [4.69, 9.17) is 21.1 Å². The minimum Gasteiger partial charge on any atom is -0.502 e. The fourth-order valence-corrected chi connectivity index (χ4v) is 8.23. The number of hydrogen-bond acceptors (Lipinski definition) is 7. The van der Waals surface area contributed by atoms with Crippen molar-refractivity contribution in [3.63, 3.8) is 0 Å². The average Bonchev–Trinajstić information content (AvgIpc) is 3.45. The van der Waals surface area contributed by atoms with Gasteiger partial charge >= 0.3 is 0 Å². The second-order valence-electron chi connectivity index (χ2n) is 12.7. The standard InChI is InChI=1S/C37H33ClN2O7/c1-37-27(16-9-20-17-29(46-2)32(41)30(18-20)47-3)24-14-15-25-31(35(44)39(33(25)42)23-12-10-21(38)11-13-23)26(24)19-28(37)34(43)40(36(37)45)22-7-5-4-6-8-22/h4-14,16-18,25-28,31,41H,15,19H2,1-3H3/t25-,26+,27-,28-,31-,37-/m0/s1. The number of fused-ring (bicyclic) bond motifs is 4. The van der Waals surface area contributed by atoms with E-state index in [1.165, 1.54) is 24.0 Å². The van der Waals surface area contributed by atoms with Crippen molar-refractivity contribution in [3.8, 4) is 17.2 Å². The molecule has 9 nitrogen and oxygen atoms in total. The topological polar surface area (TPSA) is 113 Å². The van der Waals surface area contributed by atoms with E-state index >= 15 is 0 Å². The second kappa shape index (κ2) is 11.4. The quantitative estimate of drug-likeness (QED) is 0.255. The number of ether oxygens (including phenoxy) is 2. The molecule has 0 unspecified atom stereocenters. The maximum atomic E-state index is 14.5. The van der Waals surface area contributed by atoms with Crippen molar-refractivity contribution in [3.05, 3.63) is 95.0 Å². The van der Waals surface area contributed by atoms with Gasteiger partial charge in [-0.15, -0.1) is 0 Å². The van der Waals surface area contributed by atoms with Gasteiger partial charge in [-0.1, -0.05) is 53.6 Å². The van der Waals surface area contributed by atoms with Gasteiger partial charge in [0.25, 0.3) is 0 Å². The van der Waals surface area contributed by atoms with Crippen molar-refractivity contribution in [1.29, 1.82) is 0 Å². The molecule has 3 fully saturated rings. The minimum absolute atomic E-state index is 0.136. The molecule has 0 spiro atoms. The third-order valence-corrected chi connectivity index (χ3v) is 10.7. The number of nitrogens with zero attached hydrogens (tertiary/aromatic N) is 2. The minimum atomic E-state index is -1.16. The Morgan fingerprint density at radius 3 is 2.13 bits per heavy atom. The van der Waals surface area contributed by atoms with E-state index in [2.05, 4.69) is 0 Å². The number of aromatic hydroxyl groups is 1. The molecule has 1 N–H and O–H groups in total. The summed E-state index contributed by atoms with van der Waals surface area (Å²) in [5.74, 6) is -3.93. The number of rotatable bonds is 6. The van der Waals surface area contributed by atoms with Crippen LogP contribution in [0.15, 0.2) is 84.5 Å². The van der Waals surface area contributed by atoms with E-state index in [0.29, 0.717) is 28.4 Å². The fourth-order valence-electron chi connectivity index (χ4n) is 8.10. The molecule has 10 heteroatoms. The van der Waals surface area contributed by atoms with Crippen molar-refractivity contribution in [2.45, 2.75) is 19.8 Å². The Labute approximate surface area is 277 Å². The summed E-state index contributed by atoms with van der Waals surface area (Å²) in [6.07, 6.45) is 6.31. The van der Waals surface area contributed by atoms with Crippen molar-refractivity contribution < 1.29 is 33.8 Å². The summed E-state index contributed by atoms with van der Waals surface area (Å²) < 4.78 is 10.7. The molecule has 0 radical (unpaired) electrons. The highest BCUT2D eigenvalue weighted by Crippen LogP contribution is 2.61. The Balaban J connectivity index is 1.34. The summed E-state index contributed by atoms with van der Waals surface area (Å²) in [5, 5.41) is 11.0. The van der Waals surface area contributed by atoms with Gasteiger partial charge < -0.3 is 14.6 Å². The smallest absolute Gasteiger partial charge is 0.241 e. The van der Waals surface area contributed by atoms with Crippen LogP contribution in [0.25, 0.3) is 6.08 Å². The highest BCUT2D eigenvalue weighted by atomic mass is 35.5. The largest absolute Gasteiger partial charge is 0.502 e. The number of para-hydroxylation sites is 1. The molecule has 240 valence electrons. The Morgan fingerprint density at radius 1 is 0.851 bits per heavy atom. The molecular formula is C37H33ClN2O7. The van der Waals surface area contributed by atoms with E-state index in [-0.39, 0.29) is 47.3 Å². The molecule has 2 aliphatic heterocycles. The lowest BCUT2D eigenvalue weighted by atomic mass is 9.52. The number of methoxy groups -OCH3 is 2. The molecule has 47 heavy (non-hydrogen) atoms. The highest BCUT2D eigenvalue weighted by Gasteiger charge is 2.66. The summed E-state index contributed by atoms with van der Waals surface area (Å²) >= 11 is 6.09. The highest BCUT2D eigenvalue weighted by molar-refractivity contribution is 6.31. The summed E-state index contributed by atoms with van der Waals surface area (Å²) in [6.45, 7) is 1.83. The van der Waals surface area contributed by atoms with Crippen LogP contribution in [-0.4, -0.2) is 43.0 Å². The van der Waals surface area contributed by atoms with Gasteiger partial charge in [0.05, 0.1) is 48.8 Å². The zero-order chi connectivity index (χ0) is 33.2. The summed E-state index contributed by atoms with van der Waals surface area (Å²) in [7, 11) is 2.88. The average molecular weight is 653 g/mol. The molecule has 2 aliphatic carbocycles. The lowest BCUT2D eigenvalue weighted by molar-refractivity contribution is -0.132. The van der Waals surface area contributed by atoms with Gasteiger partial charge in [-0.2, -0.15) is 0 Å². The Kier molecular flexibility index (Phi) is 7.47. The van der Waals surface area contributed by atoms with Crippen LogP contribution in [0.5, 0.6) is 17.2 Å². The summed E-state index contributed by atoms with van der Waals surface area (Å²) in [6, 6.07) is 18.8. The predicted octanol–water partition coefficient (Wildman–Crippen LogP) is 6.04. The SMILES string of the molecule is COc1cc(C=C[C@H]2C3=CC[C@@H]4C(=O)N(c5ccc(Cl)cc5)C(=O)[C@@H]4[C@@H]3C[C@H]3C(=O)N(c4ccccc4)C(=O)[C@@]23C)cc(OC)c1O. The molecular weight excluding hydrogens is 620 g/mol. The lowest BCUT2D eigenvalue weighted by Gasteiger charge is -2.47. The Morgan fingerprint density at radius 2 is 1.49 bits per heavy atom. The van der Waals surface area contributed by atoms with Crippen LogP contribution in [0.4, 0.5) is 11.4 Å². The zero-order valence-corrected chi connectivity index (χ0v) is 26.8. The molecule has 3 aromatic carbocycles. The van der Waals surface area contributed by atoms with Crippen LogP contribution in [0.1, 0.15) is 25.3 Å². The van der Waals surface area contributed by atoms with Crippen LogP contribution < -0.4 is 19.3 Å². The van der Waals surface area contributed by atoms with Crippen LogP contribution in [0.2, 0.25) is 5.02 Å². The molecule has 4 aliphatic rings. The molecule has 7 rings (SSSR count). The van der Waals surface area contributed by atoms with Gasteiger partial charge in [-0.3, -0.25) is 24.1 Å². The van der Waals surface area contributed by atoms with Gasteiger partial charge in [-0.25, -0.2) is 4.90 Å². The van der Waals surface area contributed by atoms with E-state index in [9.17, 15) is 24.3 Å². The molecule has 1 saturated carbocycles. The number of allylic oxidation sites excluding steroid dienone is 3. The van der Waals surface area contributed by atoms with Gasteiger partial charge in [0.15, 0.2) is 11.5 Å². The lowest BCUT2D eigenvalue weighted by Crippen LogP contribution is -2.49. The number of imide groups is 2. The number of hydrogen-bond donors (Lipinski definition) is 1. The van der Waals surface area contributed by atoms with Gasteiger partial charge in [0, 0.05) is 10.9 Å². The molecule has 4 amide bonds. The van der Waals surface area contributed by atoms with E-state index < -0.39 is 35.0 Å². The third-order valence-electron chi connectivity index (χ3n) is 10.4. The number of carbonyl (C=O) groups is 4. The van der Waals surface area contributed by atoms with Gasteiger partial charge in [0.1, 0.15) is 0 Å². The zero-order valence-electron chi connectivity index (χ0n) is 26.1. The van der Waals surface area contributed by atoms with Crippen molar-refractivity contribution in [2.75, 3.05) is 24.0 Å². The van der Waals surface area contributed by atoms with Crippen LogP contribution in [-0.2, 0) is 19.2 Å². The fraction of sp³-hybridized carbons (Fsp3) is 0.297. The molecule has 3 aromatic rings. The first-order valence-corrected chi connectivity index (χ1v) is 15.9. The number of benzene rings is 3. The normalized spacial score (nSPS) is 28.3. The Hall–Kier alpha value is -4.89. The first-order valence-electron chi connectivity index (χ1n) is 15.5. The number of amides is 4. The van der Waals surface area contributed by atoms with E-state index in [0.717, 1.165) is 5.57 Å². The maximum absolute atomic E-state index is 14.5. The maximum Gasteiger partial charge on any atom is 0.241 e. The summed E-state index contributed by atoms with van der Waals surface area (Å²) in [5.41, 5.74) is 1.30. The monoisotopic (exact) mass is 652 g/mol. The third kappa shape index (κ3) is 4.58.